The van der Waals surface area contributed by atoms with E-state index in [-0.39, 0.29) is 12.2 Å². The summed E-state index contributed by atoms with van der Waals surface area (Å²) in [5.41, 5.74) is 0.684. The summed E-state index contributed by atoms with van der Waals surface area (Å²) in [6.45, 7) is 3.84. The number of carbonyl (C=O) groups excluding carboxylic acids is 1. The van der Waals surface area contributed by atoms with Crippen molar-refractivity contribution in [1.82, 2.24) is 4.90 Å². The normalized spacial score (nSPS) is 19.6. The molecular weight excluding hydrogens is 364 g/mol. The van der Waals surface area contributed by atoms with Gasteiger partial charge in [0, 0.05) is 12.5 Å². The number of ether oxygens (including phenoxy) is 2. The van der Waals surface area contributed by atoms with E-state index in [0.717, 1.165) is 32.2 Å². The summed E-state index contributed by atoms with van der Waals surface area (Å²) < 4.78 is 11.8. The van der Waals surface area contributed by atoms with Gasteiger partial charge in [0.1, 0.15) is 11.9 Å². The molecular formula is C24H40N2O3. The van der Waals surface area contributed by atoms with Crippen molar-refractivity contribution in [2.24, 2.45) is 5.92 Å². The Morgan fingerprint density at radius 1 is 1.07 bits per heavy atom. The minimum atomic E-state index is -0.375. The van der Waals surface area contributed by atoms with Crippen LogP contribution in [-0.2, 0) is 4.74 Å². The summed E-state index contributed by atoms with van der Waals surface area (Å²) in [5, 5.41) is 2.91. The van der Waals surface area contributed by atoms with Crippen LogP contribution >= 0.6 is 0 Å². The third kappa shape index (κ3) is 9.07. The Morgan fingerprint density at radius 2 is 1.83 bits per heavy atom. The second-order valence-corrected chi connectivity index (χ2v) is 8.49. The third-order valence-corrected chi connectivity index (χ3v) is 5.58. The third-order valence-electron chi connectivity index (χ3n) is 5.58. The fraction of sp³-hybridized carbons (Fsp3) is 0.708. The Balaban J connectivity index is 1.87. The predicted molar refractivity (Wildman–Crippen MR) is 120 cm³/mol. The summed E-state index contributed by atoms with van der Waals surface area (Å²) >= 11 is 0. The predicted octanol–water partition coefficient (Wildman–Crippen LogP) is 6.09. The summed E-state index contributed by atoms with van der Waals surface area (Å²) in [7, 11) is 4.16. The fourth-order valence-electron chi connectivity index (χ4n) is 4.04. The number of amides is 1. The molecule has 164 valence electrons. The zero-order valence-electron chi connectivity index (χ0n) is 18.6. The Hall–Kier alpha value is -1.75. The molecule has 1 N–H and O–H groups in total. The fourth-order valence-corrected chi connectivity index (χ4v) is 4.04. The van der Waals surface area contributed by atoms with Crippen LogP contribution < -0.4 is 10.1 Å². The molecule has 29 heavy (non-hydrogen) atoms. The van der Waals surface area contributed by atoms with Crippen LogP contribution in [0.3, 0.4) is 0 Å². The molecule has 5 nitrogen and oxygen atoms in total. The molecule has 1 aliphatic rings. The molecule has 0 spiro atoms. The highest BCUT2D eigenvalue weighted by atomic mass is 16.6. The van der Waals surface area contributed by atoms with E-state index in [1.165, 1.54) is 38.5 Å². The zero-order chi connectivity index (χ0) is 20.9. The quantitative estimate of drug-likeness (QED) is 0.358. The Kier molecular flexibility index (Phi) is 10.9. The van der Waals surface area contributed by atoms with E-state index in [4.69, 9.17) is 9.47 Å². The number of hydrogen-bond donors (Lipinski definition) is 1. The van der Waals surface area contributed by atoms with Gasteiger partial charge in [0.2, 0.25) is 0 Å². The summed E-state index contributed by atoms with van der Waals surface area (Å²) in [6, 6.07) is 7.62. The number of para-hydroxylation sites is 2. The lowest BCUT2D eigenvalue weighted by Crippen LogP contribution is -2.34. The van der Waals surface area contributed by atoms with Gasteiger partial charge in [0.05, 0.1) is 12.3 Å². The van der Waals surface area contributed by atoms with Crippen molar-refractivity contribution in [1.29, 1.82) is 0 Å². The maximum Gasteiger partial charge on any atom is 0.412 e. The molecule has 1 aromatic carbocycles. The number of unbranched alkanes of at least 4 members (excludes halogenated alkanes) is 4. The highest BCUT2D eigenvalue weighted by Gasteiger charge is 2.27. The lowest BCUT2D eigenvalue weighted by Gasteiger charge is -2.27. The molecule has 0 heterocycles. The molecule has 0 aromatic heterocycles. The first kappa shape index (κ1) is 23.5. The van der Waals surface area contributed by atoms with Crippen LogP contribution in [0, 0.1) is 5.92 Å². The van der Waals surface area contributed by atoms with Crippen LogP contribution in [0.2, 0.25) is 0 Å². The molecule has 1 saturated carbocycles. The first-order valence-electron chi connectivity index (χ1n) is 11.4. The molecule has 0 saturated heterocycles. The van der Waals surface area contributed by atoms with Crippen LogP contribution in [0.25, 0.3) is 0 Å². The summed E-state index contributed by atoms with van der Waals surface area (Å²) in [5.74, 6) is 1.11. The van der Waals surface area contributed by atoms with E-state index >= 15 is 0 Å². The molecule has 0 radical (unpaired) electrons. The van der Waals surface area contributed by atoms with Crippen molar-refractivity contribution in [2.45, 2.75) is 77.2 Å². The smallest absolute Gasteiger partial charge is 0.412 e. The number of hydrogen-bond acceptors (Lipinski definition) is 4. The van der Waals surface area contributed by atoms with Crippen LogP contribution in [0.4, 0.5) is 10.5 Å². The molecule has 0 bridgehead atoms. The molecule has 2 rings (SSSR count). The molecule has 2 atom stereocenters. The molecule has 5 heteroatoms. The SMILES string of the molecule is CCCCCCCOc1ccccc1NC(=O)O[C@H]1CCCCC[C@@H]1CN(C)C. The minimum Gasteiger partial charge on any atom is -0.491 e. The van der Waals surface area contributed by atoms with E-state index in [1.807, 2.05) is 24.3 Å². The van der Waals surface area contributed by atoms with Gasteiger partial charge in [-0.25, -0.2) is 4.79 Å². The number of benzene rings is 1. The molecule has 1 aliphatic carbocycles. The van der Waals surface area contributed by atoms with Gasteiger partial charge in [-0.3, -0.25) is 5.32 Å². The molecule has 0 aliphatic heterocycles. The number of rotatable bonds is 11. The maximum atomic E-state index is 12.6. The number of carbonyl (C=O) groups is 1. The second-order valence-electron chi connectivity index (χ2n) is 8.49. The highest BCUT2D eigenvalue weighted by Crippen LogP contribution is 2.28. The van der Waals surface area contributed by atoms with Crippen molar-refractivity contribution >= 4 is 11.8 Å². The van der Waals surface area contributed by atoms with E-state index in [1.54, 1.807) is 0 Å². The monoisotopic (exact) mass is 404 g/mol. The van der Waals surface area contributed by atoms with E-state index in [2.05, 4.69) is 31.2 Å². The number of nitrogens with zero attached hydrogens (tertiary/aromatic N) is 1. The molecule has 1 fully saturated rings. The Bertz CT molecular complexity index is 591. The Morgan fingerprint density at radius 3 is 2.62 bits per heavy atom. The van der Waals surface area contributed by atoms with Crippen LogP contribution in [0.1, 0.15) is 71.1 Å². The lowest BCUT2D eigenvalue weighted by molar-refractivity contribution is 0.0569. The second kappa shape index (κ2) is 13.5. The van der Waals surface area contributed by atoms with E-state index < -0.39 is 0 Å². The zero-order valence-corrected chi connectivity index (χ0v) is 18.6. The van der Waals surface area contributed by atoms with Crippen LogP contribution in [-0.4, -0.2) is 44.3 Å². The summed E-state index contributed by atoms with van der Waals surface area (Å²) in [4.78, 5) is 14.8. The minimum absolute atomic E-state index is 0.0217. The van der Waals surface area contributed by atoms with Gasteiger partial charge < -0.3 is 14.4 Å². The topological polar surface area (TPSA) is 50.8 Å². The van der Waals surface area contributed by atoms with Crippen molar-refractivity contribution in [2.75, 3.05) is 32.6 Å². The summed E-state index contributed by atoms with van der Waals surface area (Å²) in [6.07, 6.45) is 11.2. The Labute approximate surface area is 177 Å². The van der Waals surface area contributed by atoms with Crippen molar-refractivity contribution < 1.29 is 14.3 Å². The first-order valence-corrected chi connectivity index (χ1v) is 11.4. The van der Waals surface area contributed by atoms with Crippen molar-refractivity contribution in [3.05, 3.63) is 24.3 Å². The van der Waals surface area contributed by atoms with E-state index in [9.17, 15) is 4.79 Å². The molecule has 1 aromatic rings. The van der Waals surface area contributed by atoms with Gasteiger partial charge in [-0.2, -0.15) is 0 Å². The standard InChI is InChI=1S/C24H40N2O3/c1-4-5-6-7-13-18-28-23-17-12-11-15-21(23)25-24(27)29-22-16-10-8-9-14-20(22)19-26(2)3/h11-12,15,17,20,22H,4-10,13-14,16,18-19H2,1-3H3,(H,25,27)/t20-,22+/m1/s1. The van der Waals surface area contributed by atoms with Crippen LogP contribution in [0.5, 0.6) is 5.75 Å². The molecule has 1 amide bonds. The number of nitrogens with one attached hydrogen (secondary N) is 1. The first-order chi connectivity index (χ1) is 14.1. The maximum absolute atomic E-state index is 12.6. The van der Waals surface area contributed by atoms with Gasteiger partial charge in [-0.1, -0.05) is 57.6 Å². The van der Waals surface area contributed by atoms with Crippen LogP contribution in [0.15, 0.2) is 24.3 Å². The lowest BCUT2D eigenvalue weighted by atomic mass is 9.97. The number of anilines is 1. The van der Waals surface area contributed by atoms with Gasteiger partial charge in [-0.05, 0) is 51.9 Å². The van der Waals surface area contributed by atoms with Gasteiger partial charge in [0.25, 0.3) is 0 Å². The van der Waals surface area contributed by atoms with Gasteiger partial charge in [-0.15, -0.1) is 0 Å². The average Bonchev–Trinajstić information content (AvgIpc) is 2.90. The molecule has 0 unspecified atom stereocenters. The van der Waals surface area contributed by atoms with E-state index in [0.29, 0.717) is 24.0 Å². The highest BCUT2D eigenvalue weighted by molar-refractivity contribution is 5.86. The van der Waals surface area contributed by atoms with Crippen molar-refractivity contribution in [3.8, 4) is 5.75 Å². The van der Waals surface area contributed by atoms with Crippen molar-refractivity contribution in [3.63, 3.8) is 0 Å². The average molecular weight is 405 g/mol. The van der Waals surface area contributed by atoms with Gasteiger partial charge in [0.15, 0.2) is 0 Å². The van der Waals surface area contributed by atoms with Gasteiger partial charge >= 0.3 is 6.09 Å². The largest absolute Gasteiger partial charge is 0.491 e.